The summed E-state index contributed by atoms with van der Waals surface area (Å²) < 4.78 is 0. The van der Waals surface area contributed by atoms with E-state index >= 15 is 0 Å². The molecule has 2 heteroatoms. The zero-order valence-electron chi connectivity index (χ0n) is 6.71. The van der Waals surface area contributed by atoms with Crippen LogP contribution in [0.15, 0.2) is 0 Å². The Kier molecular flexibility index (Phi) is 2.53. The van der Waals surface area contributed by atoms with Crippen LogP contribution in [-0.4, -0.2) is 16.7 Å². The van der Waals surface area contributed by atoms with Crippen molar-refractivity contribution in [3.05, 3.63) is 0 Å². The summed E-state index contributed by atoms with van der Waals surface area (Å²) in [7, 11) is 0. The van der Waals surface area contributed by atoms with E-state index in [2.05, 4.69) is 5.92 Å². The molecule has 2 atom stereocenters. The average Bonchev–Trinajstić information content (AvgIpc) is 1.86. The minimum Gasteiger partial charge on any atom is -0.389 e. The molecular formula is C9H15NO. The first-order chi connectivity index (χ1) is 5.16. The molecule has 1 fully saturated rings. The van der Waals surface area contributed by atoms with Crippen LogP contribution in [0.3, 0.4) is 0 Å². The van der Waals surface area contributed by atoms with Gasteiger partial charge in [-0.3, -0.25) is 0 Å². The lowest BCUT2D eigenvalue weighted by molar-refractivity contribution is 0.00247. The first-order valence-electron chi connectivity index (χ1n) is 4.08. The van der Waals surface area contributed by atoms with E-state index in [9.17, 15) is 5.11 Å². The number of terminal acetylenes is 1. The van der Waals surface area contributed by atoms with Crippen molar-refractivity contribution < 1.29 is 5.11 Å². The summed E-state index contributed by atoms with van der Waals surface area (Å²) in [6.45, 7) is 0. The molecule has 0 bridgehead atoms. The van der Waals surface area contributed by atoms with E-state index in [1.807, 2.05) is 0 Å². The second kappa shape index (κ2) is 3.25. The predicted molar refractivity (Wildman–Crippen MR) is 44.8 cm³/mol. The average molecular weight is 153 g/mol. The van der Waals surface area contributed by atoms with Gasteiger partial charge in [-0.05, 0) is 25.7 Å². The highest BCUT2D eigenvalue weighted by molar-refractivity contribution is 4.98. The van der Waals surface area contributed by atoms with Crippen LogP contribution in [0.2, 0.25) is 0 Å². The van der Waals surface area contributed by atoms with E-state index in [0.29, 0.717) is 12.8 Å². The Balaban J connectivity index is 2.50. The van der Waals surface area contributed by atoms with E-state index in [-0.39, 0.29) is 6.04 Å². The fourth-order valence-electron chi connectivity index (χ4n) is 1.74. The predicted octanol–water partition coefficient (Wildman–Crippen LogP) is 0.642. The van der Waals surface area contributed by atoms with Crippen molar-refractivity contribution in [3.8, 4) is 12.3 Å². The van der Waals surface area contributed by atoms with Crippen LogP contribution in [0.1, 0.15) is 32.1 Å². The number of rotatable bonds is 1. The molecule has 11 heavy (non-hydrogen) atoms. The molecule has 2 nitrogen and oxygen atoms in total. The number of aliphatic hydroxyl groups is 1. The maximum atomic E-state index is 9.82. The summed E-state index contributed by atoms with van der Waals surface area (Å²) in [6, 6.07) is 0.141. The van der Waals surface area contributed by atoms with Gasteiger partial charge in [0.25, 0.3) is 0 Å². The molecule has 0 aliphatic heterocycles. The van der Waals surface area contributed by atoms with E-state index in [4.69, 9.17) is 12.2 Å². The monoisotopic (exact) mass is 153 g/mol. The Morgan fingerprint density at radius 3 is 3.00 bits per heavy atom. The van der Waals surface area contributed by atoms with Gasteiger partial charge in [-0.15, -0.1) is 12.3 Å². The second-order valence-electron chi connectivity index (χ2n) is 3.46. The van der Waals surface area contributed by atoms with E-state index in [1.54, 1.807) is 0 Å². The molecule has 3 N–H and O–H groups in total. The molecule has 1 saturated carbocycles. The largest absolute Gasteiger partial charge is 0.389 e. The number of nitrogens with two attached hydrogens (primary N) is 1. The molecule has 1 aliphatic carbocycles. The number of hydrogen-bond donors (Lipinski definition) is 2. The van der Waals surface area contributed by atoms with E-state index < -0.39 is 5.60 Å². The first-order valence-corrected chi connectivity index (χ1v) is 4.08. The third-order valence-electron chi connectivity index (χ3n) is 2.29. The maximum Gasteiger partial charge on any atom is 0.0771 e. The SMILES string of the molecule is C#CCC1(O)CCCC(N)C1. The first kappa shape index (κ1) is 8.58. The molecule has 1 rings (SSSR count). The van der Waals surface area contributed by atoms with Gasteiger partial charge in [0.05, 0.1) is 5.60 Å². The molecular weight excluding hydrogens is 138 g/mol. The Bertz CT molecular complexity index is 173. The van der Waals surface area contributed by atoms with Crippen LogP contribution in [0.25, 0.3) is 0 Å². The van der Waals surface area contributed by atoms with Gasteiger partial charge < -0.3 is 10.8 Å². The van der Waals surface area contributed by atoms with Crippen molar-refractivity contribution in [1.82, 2.24) is 0 Å². The molecule has 0 radical (unpaired) electrons. The summed E-state index contributed by atoms with van der Waals surface area (Å²) >= 11 is 0. The van der Waals surface area contributed by atoms with Crippen LogP contribution in [-0.2, 0) is 0 Å². The summed E-state index contributed by atoms with van der Waals surface area (Å²) in [4.78, 5) is 0. The lowest BCUT2D eigenvalue weighted by atomic mass is 9.80. The molecule has 0 saturated heterocycles. The van der Waals surface area contributed by atoms with Crippen LogP contribution in [0.4, 0.5) is 0 Å². The van der Waals surface area contributed by atoms with Gasteiger partial charge in [-0.1, -0.05) is 0 Å². The van der Waals surface area contributed by atoms with Crippen LogP contribution >= 0.6 is 0 Å². The summed E-state index contributed by atoms with van der Waals surface area (Å²) in [5.74, 6) is 2.49. The summed E-state index contributed by atoms with van der Waals surface area (Å²) in [5.41, 5.74) is 5.05. The lowest BCUT2D eigenvalue weighted by Crippen LogP contribution is -2.40. The van der Waals surface area contributed by atoms with Gasteiger partial charge in [0, 0.05) is 12.5 Å². The smallest absolute Gasteiger partial charge is 0.0771 e. The Morgan fingerprint density at radius 1 is 1.73 bits per heavy atom. The van der Waals surface area contributed by atoms with Crippen molar-refractivity contribution in [3.63, 3.8) is 0 Å². The Labute approximate surface area is 67.8 Å². The standard InChI is InChI=1S/C9H15NO/c1-2-5-9(11)6-3-4-8(10)7-9/h1,8,11H,3-7,10H2. The van der Waals surface area contributed by atoms with Crippen molar-refractivity contribution >= 4 is 0 Å². The fraction of sp³-hybridized carbons (Fsp3) is 0.778. The zero-order chi connectivity index (χ0) is 8.32. The lowest BCUT2D eigenvalue weighted by Gasteiger charge is -2.33. The topological polar surface area (TPSA) is 46.2 Å². The number of hydrogen-bond acceptors (Lipinski definition) is 2. The molecule has 0 aromatic carbocycles. The van der Waals surface area contributed by atoms with Crippen molar-refractivity contribution in [1.29, 1.82) is 0 Å². The van der Waals surface area contributed by atoms with Crippen molar-refractivity contribution in [2.75, 3.05) is 0 Å². The highest BCUT2D eigenvalue weighted by atomic mass is 16.3. The van der Waals surface area contributed by atoms with Gasteiger partial charge in [-0.2, -0.15) is 0 Å². The normalized spacial score (nSPS) is 38.1. The Morgan fingerprint density at radius 2 is 2.45 bits per heavy atom. The van der Waals surface area contributed by atoms with E-state index in [1.165, 1.54) is 0 Å². The van der Waals surface area contributed by atoms with E-state index in [0.717, 1.165) is 19.3 Å². The second-order valence-corrected chi connectivity index (χ2v) is 3.46. The molecule has 0 aromatic heterocycles. The van der Waals surface area contributed by atoms with Crippen LogP contribution < -0.4 is 5.73 Å². The van der Waals surface area contributed by atoms with Gasteiger partial charge >= 0.3 is 0 Å². The summed E-state index contributed by atoms with van der Waals surface area (Å²) in [6.07, 6.45) is 9.08. The maximum absolute atomic E-state index is 9.82. The molecule has 1 aliphatic rings. The minimum atomic E-state index is -0.660. The van der Waals surface area contributed by atoms with Gasteiger partial charge in [0.1, 0.15) is 0 Å². The van der Waals surface area contributed by atoms with Gasteiger partial charge in [0.15, 0.2) is 0 Å². The quantitative estimate of drug-likeness (QED) is 0.543. The summed E-state index contributed by atoms with van der Waals surface area (Å²) in [5, 5.41) is 9.82. The molecule has 0 heterocycles. The molecule has 0 aromatic rings. The van der Waals surface area contributed by atoms with Crippen LogP contribution in [0, 0.1) is 12.3 Å². The zero-order valence-corrected chi connectivity index (χ0v) is 6.71. The van der Waals surface area contributed by atoms with Gasteiger partial charge in [-0.25, -0.2) is 0 Å². The van der Waals surface area contributed by atoms with Crippen molar-refractivity contribution in [2.24, 2.45) is 5.73 Å². The van der Waals surface area contributed by atoms with Crippen molar-refractivity contribution in [2.45, 2.75) is 43.7 Å². The third-order valence-corrected chi connectivity index (χ3v) is 2.29. The van der Waals surface area contributed by atoms with Crippen LogP contribution in [0.5, 0.6) is 0 Å². The van der Waals surface area contributed by atoms with Gasteiger partial charge in [0.2, 0.25) is 0 Å². The molecule has 62 valence electrons. The molecule has 0 amide bonds. The minimum absolute atomic E-state index is 0.141. The Hall–Kier alpha value is -0.520. The highest BCUT2D eigenvalue weighted by Gasteiger charge is 2.31. The highest BCUT2D eigenvalue weighted by Crippen LogP contribution is 2.29. The fourth-order valence-corrected chi connectivity index (χ4v) is 1.74. The molecule has 0 spiro atoms. The third kappa shape index (κ3) is 2.21. The molecule has 2 unspecified atom stereocenters.